The number of halogens is 2. The normalized spacial score (nSPS) is 10.4. The van der Waals surface area contributed by atoms with Gasteiger partial charge in [-0.25, -0.2) is 0 Å². The maximum Gasteiger partial charge on any atom is 0.255 e. The van der Waals surface area contributed by atoms with Crippen molar-refractivity contribution >= 4 is 45.8 Å². The van der Waals surface area contributed by atoms with Gasteiger partial charge in [0.05, 0.1) is 5.02 Å². The molecule has 3 nitrogen and oxygen atoms in total. The Morgan fingerprint density at radius 3 is 2.76 bits per heavy atom. The second kappa shape index (κ2) is 7.77. The highest BCUT2D eigenvalue weighted by molar-refractivity contribution is 14.1. The molecule has 2 aromatic carbocycles. The van der Waals surface area contributed by atoms with Crippen LogP contribution in [0.1, 0.15) is 22.8 Å². The first-order valence-electron chi connectivity index (χ1n) is 6.66. The van der Waals surface area contributed by atoms with E-state index in [4.69, 9.17) is 11.6 Å². The van der Waals surface area contributed by atoms with Crippen LogP contribution in [-0.2, 0) is 6.54 Å². The number of carbonyl (C=O) groups excluding carboxylic acids is 1. The number of hydrogen-bond donors (Lipinski definition) is 2. The molecule has 0 aliphatic rings. The van der Waals surface area contributed by atoms with Crippen LogP contribution in [0.4, 0.5) is 5.69 Å². The average molecular weight is 415 g/mol. The van der Waals surface area contributed by atoms with E-state index < -0.39 is 0 Å². The minimum atomic E-state index is -0.158. The summed E-state index contributed by atoms with van der Waals surface area (Å²) in [6.07, 6.45) is 0. The highest BCUT2D eigenvalue weighted by atomic mass is 127. The van der Waals surface area contributed by atoms with Gasteiger partial charge in [0.1, 0.15) is 0 Å². The molecule has 0 saturated carbocycles. The van der Waals surface area contributed by atoms with Crippen molar-refractivity contribution < 1.29 is 4.79 Å². The van der Waals surface area contributed by atoms with Crippen molar-refractivity contribution in [2.75, 3.05) is 11.9 Å². The molecule has 5 heteroatoms. The molecule has 2 aromatic rings. The zero-order valence-electron chi connectivity index (χ0n) is 11.6. The van der Waals surface area contributed by atoms with E-state index in [1.54, 1.807) is 12.1 Å². The summed E-state index contributed by atoms with van der Waals surface area (Å²) in [6.45, 7) is 3.76. The van der Waals surface area contributed by atoms with Crippen LogP contribution in [-0.4, -0.2) is 12.5 Å². The Labute approximate surface area is 143 Å². The van der Waals surface area contributed by atoms with Crippen LogP contribution >= 0.6 is 34.2 Å². The standard InChI is InChI=1S/C16H16ClIN2O/c1-2-19-10-11-4-3-5-13(8-11)20-16(21)12-6-7-15(18)14(17)9-12/h3-9,19H,2,10H2,1H3,(H,20,21). The largest absolute Gasteiger partial charge is 0.322 e. The highest BCUT2D eigenvalue weighted by Gasteiger charge is 2.08. The summed E-state index contributed by atoms with van der Waals surface area (Å²) in [5, 5.41) is 6.74. The first-order valence-corrected chi connectivity index (χ1v) is 8.12. The molecule has 0 atom stereocenters. The average Bonchev–Trinajstić information content (AvgIpc) is 2.48. The molecule has 21 heavy (non-hydrogen) atoms. The summed E-state index contributed by atoms with van der Waals surface area (Å²) < 4.78 is 0.929. The Morgan fingerprint density at radius 2 is 2.05 bits per heavy atom. The van der Waals surface area contributed by atoms with Crippen molar-refractivity contribution in [3.05, 3.63) is 62.2 Å². The Bertz CT molecular complexity index is 646. The molecule has 0 spiro atoms. The molecule has 2 N–H and O–H groups in total. The van der Waals surface area contributed by atoms with E-state index in [-0.39, 0.29) is 5.91 Å². The molecule has 0 aliphatic heterocycles. The molecule has 110 valence electrons. The Kier molecular flexibility index (Phi) is 6.02. The number of anilines is 1. The van der Waals surface area contributed by atoms with Gasteiger partial charge in [-0.2, -0.15) is 0 Å². The van der Waals surface area contributed by atoms with Gasteiger partial charge >= 0.3 is 0 Å². The predicted octanol–water partition coefficient (Wildman–Crippen LogP) is 4.31. The van der Waals surface area contributed by atoms with Crippen LogP contribution in [0.15, 0.2) is 42.5 Å². The summed E-state index contributed by atoms with van der Waals surface area (Å²) >= 11 is 8.18. The number of nitrogens with one attached hydrogen (secondary N) is 2. The third-order valence-electron chi connectivity index (χ3n) is 2.95. The molecule has 0 unspecified atom stereocenters. The van der Waals surface area contributed by atoms with E-state index >= 15 is 0 Å². The van der Waals surface area contributed by atoms with Crippen molar-refractivity contribution in [2.45, 2.75) is 13.5 Å². The van der Waals surface area contributed by atoms with E-state index in [0.29, 0.717) is 10.6 Å². The first kappa shape index (κ1) is 16.3. The van der Waals surface area contributed by atoms with Crippen LogP contribution in [0.3, 0.4) is 0 Å². The van der Waals surface area contributed by atoms with E-state index in [2.05, 4.69) is 40.1 Å². The van der Waals surface area contributed by atoms with Gasteiger partial charge in [-0.1, -0.05) is 30.7 Å². The van der Waals surface area contributed by atoms with Gasteiger partial charge in [-0.15, -0.1) is 0 Å². The lowest BCUT2D eigenvalue weighted by Crippen LogP contribution is -2.14. The fourth-order valence-electron chi connectivity index (χ4n) is 1.87. The van der Waals surface area contributed by atoms with Gasteiger partial charge in [-0.05, 0) is 65.0 Å². The van der Waals surface area contributed by atoms with Crippen LogP contribution in [0.2, 0.25) is 5.02 Å². The number of rotatable bonds is 5. The maximum atomic E-state index is 12.2. The molecule has 0 heterocycles. The predicted molar refractivity (Wildman–Crippen MR) is 95.9 cm³/mol. The lowest BCUT2D eigenvalue weighted by Gasteiger charge is -2.08. The summed E-state index contributed by atoms with van der Waals surface area (Å²) in [5.41, 5.74) is 2.47. The maximum absolute atomic E-state index is 12.2. The quantitative estimate of drug-likeness (QED) is 0.716. The first-order chi connectivity index (χ1) is 10.1. The summed E-state index contributed by atoms with van der Waals surface area (Å²) in [7, 11) is 0. The van der Waals surface area contributed by atoms with Gasteiger partial charge < -0.3 is 10.6 Å². The van der Waals surface area contributed by atoms with E-state index in [0.717, 1.165) is 27.9 Å². The molecular weight excluding hydrogens is 399 g/mol. The van der Waals surface area contributed by atoms with Crippen LogP contribution in [0, 0.1) is 3.57 Å². The smallest absolute Gasteiger partial charge is 0.255 e. The lowest BCUT2D eigenvalue weighted by atomic mass is 10.1. The number of hydrogen-bond acceptors (Lipinski definition) is 2. The minimum absolute atomic E-state index is 0.158. The fraction of sp³-hybridized carbons (Fsp3) is 0.188. The van der Waals surface area contributed by atoms with E-state index in [1.807, 2.05) is 30.3 Å². The molecule has 0 bridgehead atoms. The second-order valence-corrected chi connectivity index (χ2v) is 6.13. The van der Waals surface area contributed by atoms with E-state index in [9.17, 15) is 4.79 Å². The second-order valence-electron chi connectivity index (χ2n) is 4.56. The summed E-state index contributed by atoms with van der Waals surface area (Å²) in [6, 6.07) is 13.1. The van der Waals surface area contributed by atoms with Gasteiger partial charge in [0.15, 0.2) is 0 Å². The molecule has 0 aliphatic carbocycles. The van der Waals surface area contributed by atoms with Gasteiger partial charge in [0.2, 0.25) is 0 Å². The molecule has 1 amide bonds. The molecule has 0 fully saturated rings. The lowest BCUT2D eigenvalue weighted by molar-refractivity contribution is 0.102. The van der Waals surface area contributed by atoms with Gasteiger partial charge in [-0.3, -0.25) is 4.79 Å². The number of benzene rings is 2. The van der Waals surface area contributed by atoms with Gasteiger partial charge in [0, 0.05) is 21.4 Å². The number of amides is 1. The molecule has 2 rings (SSSR count). The van der Waals surface area contributed by atoms with Crippen LogP contribution in [0.25, 0.3) is 0 Å². The minimum Gasteiger partial charge on any atom is -0.322 e. The van der Waals surface area contributed by atoms with Crippen molar-refractivity contribution in [1.82, 2.24) is 5.32 Å². The zero-order chi connectivity index (χ0) is 15.2. The third kappa shape index (κ3) is 4.69. The van der Waals surface area contributed by atoms with Crippen molar-refractivity contribution in [1.29, 1.82) is 0 Å². The van der Waals surface area contributed by atoms with Gasteiger partial charge in [0.25, 0.3) is 5.91 Å². The molecular formula is C16H16ClIN2O. The Hall–Kier alpha value is -1.11. The highest BCUT2D eigenvalue weighted by Crippen LogP contribution is 2.20. The van der Waals surface area contributed by atoms with Crippen molar-refractivity contribution in [3.8, 4) is 0 Å². The number of carbonyl (C=O) groups is 1. The Morgan fingerprint density at radius 1 is 1.24 bits per heavy atom. The summed E-state index contributed by atoms with van der Waals surface area (Å²) in [5.74, 6) is -0.158. The van der Waals surface area contributed by atoms with Crippen LogP contribution < -0.4 is 10.6 Å². The fourth-order valence-corrected chi connectivity index (χ4v) is 2.39. The Balaban J connectivity index is 2.10. The summed E-state index contributed by atoms with van der Waals surface area (Å²) in [4.78, 5) is 12.2. The van der Waals surface area contributed by atoms with E-state index in [1.165, 1.54) is 0 Å². The molecule has 0 radical (unpaired) electrons. The molecule has 0 aromatic heterocycles. The monoisotopic (exact) mass is 414 g/mol. The molecule has 0 saturated heterocycles. The topological polar surface area (TPSA) is 41.1 Å². The van der Waals surface area contributed by atoms with Crippen molar-refractivity contribution in [3.63, 3.8) is 0 Å². The van der Waals surface area contributed by atoms with Crippen molar-refractivity contribution in [2.24, 2.45) is 0 Å². The van der Waals surface area contributed by atoms with Crippen LogP contribution in [0.5, 0.6) is 0 Å². The SMILES string of the molecule is CCNCc1cccc(NC(=O)c2ccc(I)c(Cl)c2)c1. The third-order valence-corrected chi connectivity index (χ3v) is 4.52. The zero-order valence-corrected chi connectivity index (χ0v) is 14.5.